The number of para-hydroxylation sites is 1. The molecule has 0 fully saturated rings. The number of nitro benzene ring substituents is 1. The van der Waals surface area contributed by atoms with Crippen molar-refractivity contribution in [1.82, 2.24) is 14.5 Å². The Morgan fingerprint density at radius 2 is 1.97 bits per heavy atom. The lowest BCUT2D eigenvalue weighted by Gasteiger charge is -2.17. The first-order valence-corrected chi connectivity index (χ1v) is 9.57. The fraction of sp³-hybridized carbons (Fsp3) is 0.182. The summed E-state index contributed by atoms with van der Waals surface area (Å²) >= 11 is 0. The molecule has 0 saturated carbocycles. The molecule has 0 amide bonds. The molecule has 0 aliphatic carbocycles. The molecule has 2 heterocycles. The van der Waals surface area contributed by atoms with E-state index in [0.29, 0.717) is 23.1 Å². The average Bonchev–Trinajstić information content (AvgIpc) is 3.10. The number of nitrogens with one attached hydrogen (secondary N) is 1. The molecule has 158 valence electrons. The van der Waals surface area contributed by atoms with E-state index < -0.39 is 4.92 Å². The van der Waals surface area contributed by atoms with Crippen molar-refractivity contribution in [2.75, 3.05) is 31.4 Å². The topological polar surface area (TPSA) is 98.4 Å². The van der Waals surface area contributed by atoms with Gasteiger partial charge in [-0.05, 0) is 12.1 Å². The van der Waals surface area contributed by atoms with Crippen molar-refractivity contribution in [2.45, 2.75) is 0 Å². The number of aryl methyl sites for hydroxylation is 1. The number of aromatic nitrogens is 3. The van der Waals surface area contributed by atoms with Crippen molar-refractivity contribution in [2.24, 2.45) is 7.05 Å². The summed E-state index contributed by atoms with van der Waals surface area (Å²) in [4.78, 5) is 21.7. The van der Waals surface area contributed by atoms with E-state index in [0.717, 1.165) is 22.2 Å². The molecule has 2 aromatic carbocycles. The smallest absolute Gasteiger partial charge is 0.294 e. The summed E-state index contributed by atoms with van der Waals surface area (Å²) in [6.07, 6.45) is 3.68. The average molecular weight is 418 g/mol. The van der Waals surface area contributed by atoms with E-state index in [2.05, 4.69) is 21.4 Å². The largest absolute Gasteiger partial charge is 0.494 e. The van der Waals surface area contributed by atoms with Crippen molar-refractivity contribution in [3.8, 4) is 17.0 Å². The molecule has 0 aliphatic heterocycles. The molecule has 0 saturated heterocycles. The Morgan fingerprint density at radius 3 is 2.68 bits per heavy atom. The van der Waals surface area contributed by atoms with Crippen molar-refractivity contribution < 1.29 is 9.66 Å². The number of hydrogen-bond donors (Lipinski definition) is 1. The molecule has 0 bridgehead atoms. The van der Waals surface area contributed by atoms with Crippen LogP contribution in [0.4, 0.5) is 23.0 Å². The van der Waals surface area contributed by atoms with Gasteiger partial charge in [-0.3, -0.25) is 10.1 Å². The first-order valence-electron chi connectivity index (χ1n) is 9.57. The summed E-state index contributed by atoms with van der Waals surface area (Å²) in [5.74, 6) is 0.768. The Balaban J connectivity index is 1.76. The zero-order valence-corrected chi connectivity index (χ0v) is 17.7. The van der Waals surface area contributed by atoms with E-state index in [-0.39, 0.29) is 5.69 Å². The normalized spacial score (nSPS) is 10.8. The number of methoxy groups -OCH3 is 1. The van der Waals surface area contributed by atoms with Crippen molar-refractivity contribution in [3.05, 3.63) is 65.0 Å². The van der Waals surface area contributed by atoms with E-state index in [1.54, 1.807) is 31.3 Å². The van der Waals surface area contributed by atoms with Crippen LogP contribution >= 0.6 is 0 Å². The number of fused-ring (bicyclic) bond motifs is 1. The second kappa shape index (κ2) is 7.94. The van der Waals surface area contributed by atoms with Crippen LogP contribution in [0.1, 0.15) is 0 Å². The highest BCUT2D eigenvalue weighted by atomic mass is 16.6. The van der Waals surface area contributed by atoms with Gasteiger partial charge in [-0.2, -0.15) is 0 Å². The van der Waals surface area contributed by atoms with Crippen molar-refractivity contribution in [3.63, 3.8) is 0 Å². The molecule has 1 N–H and O–H groups in total. The van der Waals surface area contributed by atoms with E-state index in [1.807, 2.05) is 42.1 Å². The third-order valence-electron chi connectivity index (χ3n) is 5.05. The summed E-state index contributed by atoms with van der Waals surface area (Å²) in [7, 11) is 6.99. The van der Waals surface area contributed by atoms with Gasteiger partial charge in [-0.15, -0.1) is 0 Å². The van der Waals surface area contributed by atoms with Crippen LogP contribution in [0.3, 0.4) is 0 Å². The molecular formula is C22H22N6O3. The number of nitro groups is 1. The van der Waals surface area contributed by atoms with E-state index in [1.165, 1.54) is 13.2 Å². The molecule has 0 aliphatic rings. The summed E-state index contributed by atoms with van der Waals surface area (Å²) in [5, 5.41) is 15.7. The Morgan fingerprint density at radius 1 is 1.19 bits per heavy atom. The van der Waals surface area contributed by atoms with Crippen LogP contribution in [0, 0.1) is 10.1 Å². The van der Waals surface area contributed by atoms with Crippen LogP contribution in [0.15, 0.2) is 54.9 Å². The summed E-state index contributed by atoms with van der Waals surface area (Å²) < 4.78 is 7.50. The van der Waals surface area contributed by atoms with Gasteiger partial charge in [-0.1, -0.05) is 18.2 Å². The molecule has 0 atom stereocenters. The van der Waals surface area contributed by atoms with Crippen LogP contribution in [-0.2, 0) is 7.05 Å². The highest BCUT2D eigenvalue weighted by Crippen LogP contribution is 2.38. The quantitative estimate of drug-likeness (QED) is 0.367. The van der Waals surface area contributed by atoms with Crippen LogP contribution in [0.25, 0.3) is 22.2 Å². The molecular weight excluding hydrogens is 396 g/mol. The van der Waals surface area contributed by atoms with Crippen LogP contribution in [0.2, 0.25) is 0 Å². The number of anilines is 3. The molecule has 0 unspecified atom stereocenters. The van der Waals surface area contributed by atoms with Crippen LogP contribution in [0.5, 0.6) is 5.75 Å². The van der Waals surface area contributed by atoms with Gasteiger partial charge in [-0.25, -0.2) is 9.97 Å². The minimum atomic E-state index is -0.423. The van der Waals surface area contributed by atoms with E-state index >= 15 is 0 Å². The highest BCUT2D eigenvalue weighted by Gasteiger charge is 2.21. The third-order valence-corrected chi connectivity index (χ3v) is 5.05. The molecule has 0 radical (unpaired) electrons. The number of rotatable bonds is 6. The van der Waals surface area contributed by atoms with Crippen molar-refractivity contribution in [1.29, 1.82) is 0 Å². The second-order valence-corrected chi connectivity index (χ2v) is 7.25. The number of benzene rings is 2. The van der Waals surface area contributed by atoms with Gasteiger partial charge in [0, 0.05) is 62.1 Å². The molecule has 31 heavy (non-hydrogen) atoms. The zero-order chi connectivity index (χ0) is 22.1. The Bertz CT molecular complexity index is 1280. The Hall–Kier alpha value is -4.14. The summed E-state index contributed by atoms with van der Waals surface area (Å²) in [6.45, 7) is 0. The maximum Gasteiger partial charge on any atom is 0.294 e. The second-order valence-electron chi connectivity index (χ2n) is 7.25. The van der Waals surface area contributed by atoms with Gasteiger partial charge in [0.15, 0.2) is 0 Å². The maximum absolute atomic E-state index is 11.6. The van der Waals surface area contributed by atoms with Crippen molar-refractivity contribution >= 4 is 33.9 Å². The molecule has 9 nitrogen and oxygen atoms in total. The van der Waals surface area contributed by atoms with Gasteiger partial charge >= 0.3 is 0 Å². The Kier molecular flexibility index (Phi) is 5.16. The standard InChI is InChI=1S/C22H22N6O3/c1-26(2)19-12-21(31-4)17(11-20(19)28(29)30)25-22-23-10-9-16(24-22)15-13-27(3)18-8-6-5-7-14(15)18/h5-13H,1-4H3,(H,23,24,25). The molecule has 9 heteroatoms. The minimum Gasteiger partial charge on any atom is -0.494 e. The third kappa shape index (κ3) is 3.73. The maximum atomic E-state index is 11.6. The van der Waals surface area contributed by atoms with Gasteiger partial charge in [0.05, 0.1) is 23.4 Å². The first kappa shape index (κ1) is 20.1. The highest BCUT2D eigenvalue weighted by molar-refractivity contribution is 5.95. The fourth-order valence-electron chi connectivity index (χ4n) is 3.56. The summed E-state index contributed by atoms with van der Waals surface area (Å²) in [5.41, 5.74) is 3.63. The SMILES string of the molecule is COc1cc(N(C)C)c([N+](=O)[O-])cc1Nc1nccc(-c2cn(C)c3ccccc23)n1. The van der Waals surface area contributed by atoms with Crippen LogP contribution in [-0.4, -0.2) is 40.7 Å². The molecule has 4 rings (SSSR count). The molecule has 4 aromatic rings. The van der Waals surface area contributed by atoms with Gasteiger partial charge in [0.2, 0.25) is 5.95 Å². The summed E-state index contributed by atoms with van der Waals surface area (Å²) in [6, 6.07) is 13.0. The number of ether oxygens (including phenoxy) is 1. The minimum absolute atomic E-state index is 0.0430. The molecule has 0 spiro atoms. The first-order chi connectivity index (χ1) is 14.9. The lowest BCUT2D eigenvalue weighted by atomic mass is 10.1. The van der Waals surface area contributed by atoms with E-state index in [4.69, 9.17) is 4.74 Å². The van der Waals surface area contributed by atoms with Crippen LogP contribution < -0.4 is 15.0 Å². The zero-order valence-electron chi connectivity index (χ0n) is 17.7. The van der Waals surface area contributed by atoms with E-state index in [9.17, 15) is 10.1 Å². The predicted octanol–water partition coefficient (Wildman–Crippen LogP) is 4.36. The lowest BCUT2D eigenvalue weighted by molar-refractivity contribution is -0.384. The Labute approximate surface area is 179 Å². The van der Waals surface area contributed by atoms with Gasteiger partial charge in [0.1, 0.15) is 11.4 Å². The number of hydrogen-bond acceptors (Lipinski definition) is 7. The van der Waals surface area contributed by atoms with Gasteiger partial charge < -0.3 is 19.5 Å². The fourth-order valence-corrected chi connectivity index (χ4v) is 3.56. The monoisotopic (exact) mass is 418 g/mol. The lowest BCUT2D eigenvalue weighted by Crippen LogP contribution is -2.12. The molecule has 2 aromatic heterocycles. The van der Waals surface area contributed by atoms with Gasteiger partial charge in [0.25, 0.3) is 5.69 Å². The number of nitrogens with zero attached hydrogens (tertiary/aromatic N) is 5. The predicted molar refractivity (Wildman–Crippen MR) is 121 cm³/mol.